The highest BCUT2D eigenvalue weighted by molar-refractivity contribution is 6.31. The molecule has 1 aliphatic rings. The molecule has 2 rings (SSSR count). The Morgan fingerprint density at radius 1 is 1.47 bits per heavy atom. The van der Waals surface area contributed by atoms with Gasteiger partial charge < -0.3 is 5.73 Å². The molecule has 94 valence electrons. The molecule has 0 amide bonds. The molecule has 0 saturated carbocycles. The van der Waals surface area contributed by atoms with Gasteiger partial charge in [0.15, 0.2) is 0 Å². The Morgan fingerprint density at radius 3 is 2.88 bits per heavy atom. The molecule has 0 spiro atoms. The van der Waals surface area contributed by atoms with Gasteiger partial charge in [0, 0.05) is 24.2 Å². The Kier molecular flexibility index (Phi) is 4.08. The smallest absolute Gasteiger partial charge is 0.0477 e. The van der Waals surface area contributed by atoms with Crippen LogP contribution in [0.15, 0.2) is 12.1 Å². The van der Waals surface area contributed by atoms with Crippen molar-refractivity contribution in [2.24, 2.45) is 5.73 Å². The largest absolute Gasteiger partial charge is 0.329 e. The molecule has 0 fully saturated rings. The van der Waals surface area contributed by atoms with Crippen molar-refractivity contribution >= 4 is 11.6 Å². The van der Waals surface area contributed by atoms with Crippen molar-refractivity contribution in [2.75, 3.05) is 13.1 Å². The number of fused-ring (bicyclic) bond motifs is 1. The normalized spacial score (nSPS) is 19.6. The van der Waals surface area contributed by atoms with Crippen LogP contribution in [0.1, 0.15) is 42.5 Å². The second-order valence-electron chi connectivity index (χ2n) is 4.82. The molecule has 0 aliphatic carbocycles. The van der Waals surface area contributed by atoms with Gasteiger partial charge >= 0.3 is 0 Å². The van der Waals surface area contributed by atoms with Gasteiger partial charge in [-0.1, -0.05) is 31.0 Å². The summed E-state index contributed by atoms with van der Waals surface area (Å²) in [5.41, 5.74) is 9.92. The molecule has 1 aromatic rings. The van der Waals surface area contributed by atoms with E-state index < -0.39 is 0 Å². The minimum Gasteiger partial charge on any atom is -0.329 e. The fraction of sp³-hybridized carbons (Fsp3) is 0.571. The number of hydrogen-bond donors (Lipinski definition) is 1. The lowest BCUT2D eigenvalue weighted by atomic mass is 10.0. The first-order valence-corrected chi connectivity index (χ1v) is 6.78. The molecule has 3 heteroatoms. The Balaban J connectivity index is 2.28. The molecule has 0 radical (unpaired) electrons. The maximum atomic E-state index is 6.19. The molecule has 1 unspecified atom stereocenters. The molecule has 1 aliphatic heterocycles. The van der Waals surface area contributed by atoms with E-state index in [2.05, 4.69) is 24.8 Å². The maximum Gasteiger partial charge on any atom is 0.0477 e. The van der Waals surface area contributed by atoms with E-state index in [0.29, 0.717) is 12.6 Å². The van der Waals surface area contributed by atoms with E-state index in [1.807, 2.05) is 6.07 Å². The summed E-state index contributed by atoms with van der Waals surface area (Å²) in [6, 6.07) is 4.53. The Morgan fingerprint density at radius 2 is 2.24 bits per heavy atom. The van der Waals surface area contributed by atoms with Crippen LogP contribution in [0.4, 0.5) is 0 Å². The summed E-state index contributed by atoms with van der Waals surface area (Å²) in [4.78, 5) is 2.48. The standard InChI is InChI=1S/C14H21ClN2/c1-3-4-7-17-9-12-10(2)13(15)6-5-11(12)14(17)8-16/h5-6,14H,3-4,7-9,16H2,1-2H3. The zero-order valence-electron chi connectivity index (χ0n) is 10.7. The summed E-state index contributed by atoms with van der Waals surface area (Å²) in [7, 11) is 0. The van der Waals surface area contributed by atoms with Crippen LogP contribution in [0.5, 0.6) is 0 Å². The van der Waals surface area contributed by atoms with Crippen LogP contribution in [-0.2, 0) is 6.54 Å². The van der Waals surface area contributed by atoms with Crippen LogP contribution < -0.4 is 5.73 Å². The summed E-state index contributed by atoms with van der Waals surface area (Å²) >= 11 is 6.19. The number of rotatable bonds is 4. The quantitative estimate of drug-likeness (QED) is 0.891. The first-order chi connectivity index (χ1) is 8.19. The maximum absolute atomic E-state index is 6.19. The highest BCUT2D eigenvalue weighted by atomic mass is 35.5. The highest BCUT2D eigenvalue weighted by Gasteiger charge is 2.29. The lowest BCUT2D eigenvalue weighted by Crippen LogP contribution is -2.28. The predicted molar refractivity (Wildman–Crippen MR) is 73.3 cm³/mol. The molecule has 1 aromatic carbocycles. The average molecular weight is 253 g/mol. The monoisotopic (exact) mass is 252 g/mol. The van der Waals surface area contributed by atoms with E-state index in [1.54, 1.807) is 0 Å². The second kappa shape index (κ2) is 5.38. The van der Waals surface area contributed by atoms with Gasteiger partial charge in [0.2, 0.25) is 0 Å². The summed E-state index contributed by atoms with van der Waals surface area (Å²) in [6.07, 6.45) is 2.46. The summed E-state index contributed by atoms with van der Waals surface area (Å²) in [6.45, 7) is 7.16. The zero-order chi connectivity index (χ0) is 12.4. The minimum atomic E-state index is 0.382. The molecule has 2 N–H and O–H groups in total. The molecule has 0 saturated heterocycles. The molecular weight excluding hydrogens is 232 g/mol. The number of halogens is 1. The number of hydrogen-bond acceptors (Lipinski definition) is 2. The topological polar surface area (TPSA) is 29.3 Å². The van der Waals surface area contributed by atoms with Crippen LogP contribution in [0.3, 0.4) is 0 Å². The van der Waals surface area contributed by atoms with Crippen LogP contribution in [0.2, 0.25) is 5.02 Å². The number of nitrogens with zero attached hydrogens (tertiary/aromatic N) is 1. The van der Waals surface area contributed by atoms with Crippen LogP contribution in [0.25, 0.3) is 0 Å². The third-order valence-corrected chi connectivity index (χ3v) is 4.16. The van der Waals surface area contributed by atoms with E-state index in [1.165, 1.54) is 29.5 Å². The van der Waals surface area contributed by atoms with Crippen molar-refractivity contribution in [3.8, 4) is 0 Å². The Hall–Kier alpha value is -0.570. The van der Waals surface area contributed by atoms with Crippen LogP contribution in [-0.4, -0.2) is 18.0 Å². The second-order valence-corrected chi connectivity index (χ2v) is 5.22. The van der Waals surface area contributed by atoms with Crippen molar-refractivity contribution in [3.63, 3.8) is 0 Å². The van der Waals surface area contributed by atoms with Gasteiger partial charge in [0.05, 0.1) is 0 Å². The molecule has 0 bridgehead atoms. The molecule has 1 heterocycles. The van der Waals surface area contributed by atoms with Gasteiger partial charge in [0.1, 0.15) is 0 Å². The lowest BCUT2D eigenvalue weighted by Gasteiger charge is -2.23. The third kappa shape index (κ3) is 2.35. The summed E-state index contributed by atoms with van der Waals surface area (Å²) in [5.74, 6) is 0. The summed E-state index contributed by atoms with van der Waals surface area (Å²) < 4.78 is 0. The van der Waals surface area contributed by atoms with Crippen molar-refractivity contribution in [3.05, 3.63) is 33.8 Å². The van der Waals surface area contributed by atoms with E-state index in [0.717, 1.165) is 18.1 Å². The van der Waals surface area contributed by atoms with Crippen molar-refractivity contribution in [1.82, 2.24) is 4.90 Å². The van der Waals surface area contributed by atoms with Gasteiger partial charge in [0.25, 0.3) is 0 Å². The minimum absolute atomic E-state index is 0.382. The van der Waals surface area contributed by atoms with Crippen LogP contribution >= 0.6 is 11.6 Å². The SMILES string of the molecule is CCCCN1Cc2c(ccc(Cl)c2C)C1CN. The van der Waals surface area contributed by atoms with Gasteiger partial charge in [-0.3, -0.25) is 4.90 Å². The van der Waals surface area contributed by atoms with E-state index >= 15 is 0 Å². The first-order valence-electron chi connectivity index (χ1n) is 6.41. The third-order valence-electron chi connectivity index (χ3n) is 3.75. The van der Waals surface area contributed by atoms with Gasteiger partial charge in [-0.15, -0.1) is 0 Å². The Labute approximate surface area is 109 Å². The van der Waals surface area contributed by atoms with Gasteiger partial charge in [-0.2, -0.15) is 0 Å². The van der Waals surface area contributed by atoms with E-state index in [4.69, 9.17) is 17.3 Å². The average Bonchev–Trinajstić information content (AvgIpc) is 2.69. The van der Waals surface area contributed by atoms with E-state index in [-0.39, 0.29) is 0 Å². The van der Waals surface area contributed by atoms with Gasteiger partial charge in [-0.25, -0.2) is 0 Å². The summed E-state index contributed by atoms with van der Waals surface area (Å²) in [5, 5.41) is 0.872. The molecule has 0 aromatic heterocycles. The van der Waals surface area contributed by atoms with Crippen molar-refractivity contribution in [1.29, 1.82) is 0 Å². The van der Waals surface area contributed by atoms with Crippen LogP contribution in [0, 0.1) is 6.92 Å². The predicted octanol–water partition coefficient (Wildman–Crippen LogP) is 3.26. The highest BCUT2D eigenvalue weighted by Crippen LogP contribution is 2.37. The Bertz CT molecular complexity index is 403. The molecular formula is C14H21ClN2. The zero-order valence-corrected chi connectivity index (χ0v) is 11.4. The number of nitrogens with two attached hydrogens (primary N) is 1. The fourth-order valence-corrected chi connectivity index (χ4v) is 2.83. The molecule has 17 heavy (non-hydrogen) atoms. The fourth-order valence-electron chi connectivity index (χ4n) is 2.65. The lowest BCUT2D eigenvalue weighted by molar-refractivity contribution is 0.216. The molecule has 2 nitrogen and oxygen atoms in total. The van der Waals surface area contributed by atoms with Crippen molar-refractivity contribution < 1.29 is 0 Å². The van der Waals surface area contributed by atoms with Gasteiger partial charge in [-0.05, 0) is 42.6 Å². The number of benzene rings is 1. The molecule has 1 atom stereocenters. The van der Waals surface area contributed by atoms with E-state index in [9.17, 15) is 0 Å². The number of unbranched alkanes of at least 4 members (excludes halogenated alkanes) is 1. The first kappa shape index (κ1) is 12.9. The van der Waals surface area contributed by atoms with Crippen molar-refractivity contribution in [2.45, 2.75) is 39.3 Å².